The molecule has 0 atom stereocenters. The lowest BCUT2D eigenvalue weighted by Crippen LogP contribution is -2.48. The number of carbonyl (C=O) groups is 1. The van der Waals surface area contributed by atoms with Gasteiger partial charge in [-0.2, -0.15) is 0 Å². The molecule has 1 aromatic heterocycles. The summed E-state index contributed by atoms with van der Waals surface area (Å²) in [7, 11) is 0. The van der Waals surface area contributed by atoms with E-state index in [9.17, 15) is 4.79 Å². The first kappa shape index (κ1) is 14.0. The topological polar surface area (TPSA) is 38.3 Å². The SMILES string of the molecule is Cc1cc(C(=O)NC2CC(OC(C)C)C2)c(Br)s1. The number of carbonyl (C=O) groups excluding carboxylic acids is 1. The number of hydrogen-bond acceptors (Lipinski definition) is 3. The van der Waals surface area contributed by atoms with Gasteiger partial charge in [0.2, 0.25) is 0 Å². The maximum absolute atomic E-state index is 12.0. The second-order valence-electron chi connectivity index (χ2n) is 4.99. The molecule has 18 heavy (non-hydrogen) atoms. The molecule has 0 saturated heterocycles. The lowest BCUT2D eigenvalue weighted by Gasteiger charge is -2.36. The zero-order chi connectivity index (χ0) is 13.3. The van der Waals surface area contributed by atoms with Crippen LogP contribution in [0.25, 0.3) is 0 Å². The summed E-state index contributed by atoms with van der Waals surface area (Å²) < 4.78 is 6.58. The maximum Gasteiger partial charge on any atom is 0.253 e. The molecule has 1 N–H and O–H groups in total. The van der Waals surface area contributed by atoms with Crippen molar-refractivity contribution in [1.82, 2.24) is 5.32 Å². The zero-order valence-electron chi connectivity index (χ0n) is 10.8. The van der Waals surface area contributed by atoms with E-state index in [2.05, 4.69) is 21.2 Å². The fourth-order valence-electron chi connectivity index (χ4n) is 2.08. The fraction of sp³-hybridized carbons (Fsp3) is 0.615. The standard InChI is InChI=1S/C13H18BrNO2S/c1-7(2)17-10-5-9(6-10)15-13(16)11-4-8(3)18-12(11)14/h4,7,9-10H,5-6H2,1-3H3,(H,15,16). The molecule has 1 aromatic rings. The van der Waals surface area contributed by atoms with Crippen LogP contribution in [-0.4, -0.2) is 24.2 Å². The van der Waals surface area contributed by atoms with Crippen molar-refractivity contribution in [1.29, 1.82) is 0 Å². The van der Waals surface area contributed by atoms with Gasteiger partial charge in [-0.1, -0.05) is 0 Å². The van der Waals surface area contributed by atoms with Gasteiger partial charge in [-0.05, 0) is 55.6 Å². The Morgan fingerprint density at radius 1 is 1.56 bits per heavy atom. The Morgan fingerprint density at radius 3 is 2.72 bits per heavy atom. The predicted molar refractivity (Wildman–Crippen MR) is 77.3 cm³/mol. The Labute approximate surface area is 120 Å². The van der Waals surface area contributed by atoms with Crippen LogP contribution in [0.1, 0.15) is 41.9 Å². The van der Waals surface area contributed by atoms with Gasteiger partial charge in [0.25, 0.3) is 5.91 Å². The molecule has 1 aliphatic carbocycles. The summed E-state index contributed by atoms with van der Waals surface area (Å²) in [5.41, 5.74) is 0.741. The molecular weight excluding hydrogens is 314 g/mol. The van der Waals surface area contributed by atoms with E-state index in [4.69, 9.17) is 4.74 Å². The van der Waals surface area contributed by atoms with Crippen molar-refractivity contribution in [3.05, 3.63) is 20.3 Å². The molecule has 3 nitrogen and oxygen atoms in total. The third kappa shape index (κ3) is 3.33. The van der Waals surface area contributed by atoms with E-state index >= 15 is 0 Å². The van der Waals surface area contributed by atoms with Gasteiger partial charge in [0.1, 0.15) is 0 Å². The molecule has 100 valence electrons. The number of ether oxygens (including phenoxy) is 1. The zero-order valence-corrected chi connectivity index (χ0v) is 13.2. The van der Waals surface area contributed by atoms with Gasteiger partial charge in [0.15, 0.2) is 0 Å². The van der Waals surface area contributed by atoms with Crippen LogP contribution in [-0.2, 0) is 4.74 Å². The Balaban J connectivity index is 1.82. The lowest BCUT2D eigenvalue weighted by molar-refractivity contribution is -0.0482. The van der Waals surface area contributed by atoms with E-state index in [0.717, 1.165) is 27.1 Å². The molecule has 0 spiro atoms. The molecule has 5 heteroatoms. The molecule has 1 saturated carbocycles. The molecule has 0 bridgehead atoms. The van der Waals surface area contributed by atoms with Gasteiger partial charge >= 0.3 is 0 Å². The van der Waals surface area contributed by atoms with E-state index in [-0.39, 0.29) is 18.1 Å². The number of halogens is 1. The molecule has 1 fully saturated rings. The molecule has 1 aliphatic rings. The van der Waals surface area contributed by atoms with Crippen LogP contribution in [0.15, 0.2) is 9.85 Å². The predicted octanol–water partition coefficient (Wildman–Crippen LogP) is 3.50. The molecule has 0 aliphatic heterocycles. The molecule has 0 unspecified atom stereocenters. The van der Waals surface area contributed by atoms with Crippen LogP contribution in [0.3, 0.4) is 0 Å². The second-order valence-corrected chi connectivity index (χ2v) is 7.57. The highest BCUT2D eigenvalue weighted by Gasteiger charge is 2.32. The second kappa shape index (κ2) is 5.72. The van der Waals surface area contributed by atoms with Crippen molar-refractivity contribution in [3.8, 4) is 0 Å². The van der Waals surface area contributed by atoms with Crippen molar-refractivity contribution < 1.29 is 9.53 Å². The molecule has 2 rings (SSSR count). The highest BCUT2D eigenvalue weighted by molar-refractivity contribution is 9.11. The largest absolute Gasteiger partial charge is 0.375 e. The molecule has 0 radical (unpaired) electrons. The van der Waals surface area contributed by atoms with Gasteiger partial charge in [0, 0.05) is 10.9 Å². The average molecular weight is 332 g/mol. The number of rotatable bonds is 4. The number of thiophene rings is 1. The van der Waals surface area contributed by atoms with Crippen LogP contribution in [0.4, 0.5) is 0 Å². The molecule has 0 aromatic carbocycles. The van der Waals surface area contributed by atoms with Crippen LogP contribution < -0.4 is 5.32 Å². The van der Waals surface area contributed by atoms with Gasteiger partial charge in [-0.15, -0.1) is 11.3 Å². The summed E-state index contributed by atoms with van der Waals surface area (Å²) in [5, 5.41) is 3.05. The summed E-state index contributed by atoms with van der Waals surface area (Å²) in [6.45, 7) is 6.08. The Kier molecular flexibility index (Phi) is 4.45. The molecule has 1 heterocycles. The third-order valence-electron chi connectivity index (χ3n) is 2.95. The highest BCUT2D eigenvalue weighted by Crippen LogP contribution is 2.29. The lowest BCUT2D eigenvalue weighted by atomic mass is 9.89. The maximum atomic E-state index is 12.0. The number of nitrogens with one attached hydrogen (secondary N) is 1. The number of hydrogen-bond donors (Lipinski definition) is 1. The van der Waals surface area contributed by atoms with E-state index in [0.29, 0.717) is 6.10 Å². The Morgan fingerprint density at radius 2 is 2.22 bits per heavy atom. The number of aryl methyl sites for hydroxylation is 1. The quantitative estimate of drug-likeness (QED) is 0.916. The third-order valence-corrected chi connectivity index (χ3v) is 4.70. The van der Waals surface area contributed by atoms with Crippen LogP contribution in [0.5, 0.6) is 0 Å². The van der Waals surface area contributed by atoms with Crippen LogP contribution in [0, 0.1) is 6.92 Å². The highest BCUT2D eigenvalue weighted by atomic mass is 79.9. The van der Waals surface area contributed by atoms with Gasteiger partial charge in [-0.3, -0.25) is 4.79 Å². The van der Waals surface area contributed by atoms with Crippen molar-refractivity contribution in [2.45, 2.75) is 51.9 Å². The normalized spacial score (nSPS) is 22.9. The Hall–Kier alpha value is -0.390. The van der Waals surface area contributed by atoms with E-state index in [1.807, 2.05) is 26.8 Å². The smallest absolute Gasteiger partial charge is 0.253 e. The van der Waals surface area contributed by atoms with E-state index in [1.54, 1.807) is 11.3 Å². The summed E-state index contributed by atoms with van der Waals surface area (Å²) in [4.78, 5) is 13.2. The minimum absolute atomic E-state index is 0.0132. The summed E-state index contributed by atoms with van der Waals surface area (Å²) in [6.07, 6.45) is 2.42. The van der Waals surface area contributed by atoms with E-state index in [1.165, 1.54) is 0 Å². The monoisotopic (exact) mass is 331 g/mol. The first-order valence-corrected chi connectivity index (χ1v) is 7.79. The summed E-state index contributed by atoms with van der Waals surface area (Å²) >= 11 is 5.02. The summed E-state index contributed by atoms with van der Waals surface area (Å²) in [6, 6.07) is 2.18. The molecular formula is C13H18BrNO2S. The average Bonchev–Trinajstić information content (AvgIpc) is 2.54. The van der Waals surface area contributed by atoms with E-state index < -0.39 is 0 Å². The minimum Gasteiger partial charge on any atom is -0.375 e. The van der Waals surface area contributed by atoms with Crippen LogP contribution >= 0.6 is 27.3 Å². The summed E-state index contributed by atoms with van der Waals surface area (Å²) in [5.74, 6) is 0.0132. The number of amides is 1. The van der Waals surface area contributed by atoms with Gasteiger partial charge in [-0.25, -0.2) is 0 Å². The van der Waals surface area contributed by atoms with Crippen molar-refractivity contribution in [3.63, 3.8) is 0 Å². The van der Waals surface area contributed by atoms with Gasteiger partial charge < -0.3 is 10.1 Å². The molecule has 1 amide bonds. The first-order chi connectivity index (χ1) is 8.45. The van der Waals surface area contributed by atoms with Crippen molar-refractivity contribution in [2.24, 2.45) is 0 Å². The minimum atomic E-state index is 0.0132. The Bertz CT molecular complexity index is 438. The fourth-order valence-corrected chi connectivity index (χ4v) is 3.86. The van der Waals surface area contributed by atoms with Crippen LogP contribution in [0.2, 0.25) is 0 Å². The van der Waals surface area contributed by atoms with Crippen molar-refractivity contribution in [2.75, 3.05) is 0 Å². The van der Waals surface area contributed by atoms with Gasteiger partial charge in [0.05, 0.1) is 21.6 Å². The first-order valence-electron chi connectivity index (χ1n) is 6.18. The van der Waals surface area contributed by atoms with Crippen molar-refractivity contribution >= 4 is 33.2 Å².